The molecule has 0 aliphatic heterocycles. The highest BCUT2D eigenvalue weighted by Crippen LogP contribution is 2.20. The lowest BCUT2D eigenvalue weighted by Crippen LogP contribution is -2.10. The molecule has 4 aromatic rings. The first-order chi connectivity index (χ1) is 13.6. The number of aromatic nitrogens is 4. The zero-order valence-electron chi connectivity index (χ0n) is 14.6. The molecule has 0 bridgehead atoms. The Morgan fingerprint density at radius 2 is 1.96 bits per heavy atom. The van der Waals surface area contributed by atoms with Crippen LogP contribution in [-0.4, -0.2) is 31.0 Å². The largest absolute Gasteiger partial charge is 0.354 e. The van der Waals surface area contributed by atoms with Gasteiger partial charge in [-0.25, -0.2) is 9.97 Å². The molecule has 8 nitrogen and oxygen atoms in total. The van der Waals surface area contributed by atoms with Crippen LogP contribution in [0.15, 0.2) is 60.9 Å². The minimum atomic E-state index is -0.404. The number of anilines is 1. The molecular weight excluding hydrogens is 380 g/mol. The molecule has 0 fully saturated rings. The zero-order chi connectivity index (χ0) is 19.5. The quantitative estimate of drug-likeness (QED) is 0.301. The fourth-order valence-corrected chi connectivity index (χ4v) is 3.07. The number of hydrogen-bond acceptors (Lipinski definition) is 6. The number of rotatable bonds is 6. The summed E-state index contributed by atoms with van der Waals surface area (Å²) < 4.78 is 1.84. The normalized spacial score (nSPS) is 10.9. The van der Waals surface area contributed by atoms with Crippen LogP contribution < -0.4 is 5.32 Å². The summed E-state index contributed by atoms with van der Waals surface area (Å²) in [5.74, 6) is 0.984. The summed E-state index contributed by atoms with van der Waals surface area (Å²) in [5, 5.41) is 14.3. The average molecular weight is 395 g/mol. The van der Waals surface area contributed by atoms with Gasteiger partial charge in [-0.3, -0.25) is 14.7 Å². The summed E-state index contributed by atoms with van der Waals surface area (Å²) in [6.07, 6.45) is 2.27. The van der Waals surface area contributed by atoms with Crippen molar-refractivity contribution in [1.29, 1.82) is 0 Å². The summed E-state index contributed by atoms with van der Waals surface area (Å²) in [4.78, 5) is 23.5. The maximum atomic E-state index is 10.9. The molecule has 0 amide bonds. The van der Waals surface area contributed by atoms with Gasteiger partial charge in [-0.15, -0.1) is 0 Å². The van der Waals surface area contributed by atoms with E-state index < -0.39 is 4.92 Å². The van der Waals surface area contributed by atoms with E-state index in [1.54, 1.807) is 24.5 Å². The van der Waals surface area contributed by atoms with E-state index in [2.05, 4.69) is 20.3 Å². The Balaban J connectivity index is 1.52. The van der Waals surface area contributed by atoms with Gasteiger partial charge in [-0.05, 0) is 24.1 Å². The van der Waals surface area contributed by atoms with E-state index in [-0.39, 0.29) is 5.69 Å². The summed E-state index contributed by atoms with van der Waals surface area (Å²) in [7, 11) is 0. The third-order valence-corrected chi connectivity index (χ3v) is 4.39. The number of para-hydroxylation sites is 2. The van der Waals surface area contributed by atoms with E-state index in [0.717, 1.165) is 16.6 Å². The van der Waals surface area contributed by atoms with Crippen LogP contribution in [0.5, 0.6) is 0 Å². The molecule has 2 heterocycles. The van der Waals surface area contributed by atoms with Gasteiger partial charge in [0.2, 0.25) is 5.95 Å². The highest BCUT2D eigenvalue weighted by molar-refractivity contribution is 6.29. The molecule has 2 aromatic heterocycles. The van der Waals surface area contributed by atoms with Crippen LogP contribution in [0.25, 0.3) is 16.9 Å². The predicted octanol–water partition coefficient (Wildman–Crippen LogP) is 4.03. The van der Waals surface area contributed by atoms with Crippen molar-refractivity contribution in [3.8, 4) is 5.82 Å². The van der Waals surface area contributed by atoms with E-state index in [1.807, 2.05) is 34.9 Å². The smallest absolute Gasteiger partial charge is 0.269 e. The van der Waals surface area contributed by atoms with Gasteiger partial charge in [0.05, 0.1) is 16.0 Å². The van der Waals surface area contributed by atoms with Crippen molar-refractivity contribution in [2.45, 2.75) is 6.42 Å². The highest BCUT2D eigenvalue weighted by Gasteiger charge is 2.09. The monoisotopic (exact) mass is 394 g/mol. The Bertz CT molecular complexity index is 1160. The fraction of sp³-hybridized carbons (Fsp3) is 0.105. The number of nitro groups is 1. The Labute approximate surface area is 165 Å². The lowest BCUT2D eigenvalue weighted by Gasteiger charge is -2.09. The Hall–Kier alpha value is -3.52. The third-order valence-electron chi connectivity index (χ3n) is 4.20. The second-order valence-electron chi connectivity index (χ2n) is 6.08. The maximum Gasteiger partial charge on any atom is 0.269 e. The van der Waals surface area contributed by atoms with Gasteiger partial charge < -0.3 is 5.32 Å². The summed E-state index contributed by atoms with van der Waals surface area (Å²) >= 11 is 6.17. The van der Waals surface area contributed by atoms with Gasteiger partial charge in [0, 0.05) is 24.7 Å². The Morgan fingerprint density at radius 1 is 1.11 bits per heavy atom. The first kappa shape index (κ1) is 17.9. The highest BCUT2D eigenvalue weighted by atomic mass is 35.5. The number of nitrogens with zero attached hydrogens (tertiary/aromatic N) is 5. The summed E-state index contributed by atoms with van der Waals surface area (Å²) in [5.41, 5.74) is 2.70. The molecule has 140 valence electrons. The van der Waals surface area contributed by atoms with Gasteiger partial charge >= 0.3 is 0 Å². The molecule has 1 N–H and O–H groups in total. The molecule has 9 heteroatoms. The molecule has 0 unspecified atom stereocenters. The summed E-state index contributed by atoms with van der Waals surface area (Å²) in [6, 6.07) is 15.9. The van der Waals surface area contributed by atoms with Gasteiger partial charge in [-0.1, -0.05) is 35.9 Å². The number of benzene rings is 2. The van der Waals surface area contributed by atoms with E-state index in [4.69, 9.17) is 11.6 Å². The molecule has 2 aromatic carbocycles. The summed E-state index contributed by atoms with van der Waals surface area (Å²) in [6.45, 7) is 0.506. The van der Waals surface area contributed by atoms with Gasteiger partial charge in [0.25, 0.3) is 5.69 Å². The van der Waals surface area contributed by atoms with Crippen LogP contribution >= 0.6 is 11.6 Å². The maximum absolute atomic E-state index is 10.9. The number of non-ortho nitro benzene ring substituents is 1. The van der Waals surface area contributed by atoms with E-state index >= 15 is 0 Å². The number of nitrogens with one attached hydrogen (secondary N) is 1. The predicted molar refractivity (Wildman–Crippen MR) is 107 cm³/mol. The Kier molecular flexibility index (Phi) is 4.86. The van der Waals surface area contributed by atoms with E-state index in [9.17, 15) is 10.1 Å². The first-order valence-corrected chi connectivity index (χ1v) is 8.92. The lowest BCUT2D eigenvalue weighted by molar-refractivity contribution is -0.384. The first-order valence-electron chi connectivity index (χ1n) is 8.54. The molecule has 0 saturated carbocycles. The van der Waals surface area contributed by atoms with Crippen LogP contribution in [0.3, 0.4) is 0 Å². The van der Waals surface area contributed by atoms with E-state index in [1.165, 1.54) is 6.07 Å². The SMILES string of the molecule is O=[N+]([O-])c1cccc(CCNc2nc(Cl)cc(-n3cnc4ccccc43)n2)c1. The Morgan fingerprint density at radius 3 is 2.82 bits per heavy atom. The van der Waals surface area contributed by atoms with Crippen molar-refractivity contribution in [3.63, 3.8) is 0 Å². The molecule has 0 atom stereocenters. The minimum Gasteiger partial charge on any atom is -0.354 e. The van der Waals surface area contributed by atoms with Gasteiger partial charge in [0.15, 0.2) is 0 Å². The fourth-order valence-electron chi connectivity index (χ4n) is 2.89. The van der Waals surface area contributed by atoms with Crippen LogP contribution in [0, 0.1) is 10.1 Å². The van der Waals surface area contributed by atoms with Crippen LogP contribution in [0.2, 0.25) is 5.15 Å². The van der Waals surface area contributed by atoms with Crippen molar-refractivity contribution in [2.24, 2.45) is 0 Å². The van der Waals surface area contributed by atoms with Crippen molar-refractivity contribution < 1.29 is 4.92 Å². The van der Waals surface area contributed by atoms with Crippen molar-refractivity contribution in [2.75, 3.05) is 11.9 Å². The van der Waals surface area contributed by atoms with Crippen molar-refractivity contribution >= 4 is 34.3 Å². The van der Waals surface area contributed by atoms with Gasteiger partial charge in [0.1, 0.15) is 17.3 Å². The number of hydrogen-bond donors (Lipinski definition) is 1. The van der Waals surface area contributed by atoms with E-state index in [0.29, 0.717) is 29.9 Å². The van der Waals surface area contributed by atoms with Crippen LogP contribution in [-0.2, 0) is 6.42 Å². The van der Waals surface area contributed by atoms with Crippen LogP contribution in [0.1, 0.15) is 5.56 Å². The van der Waals surface area contributed by atoms with Crippen molar-refractivity contribution in [3.05, 3.63) is 81.8 Å². The third kappa shape index (κ3) is 3.77. The zero-order valence-corrected chi connectivity index (χ0v) is 15.4. The number of imidazole rings is 1. The topological polar surface area (TPSA) is 98.8 Å². The molecule has 0 spiro atoms. The number of nitro benzene ring substituents is 1. The van der Waals surface area contributed by atoms with Crippen LogP contribution in [0.4, 0.5) is 11.6 Å². The molecular formula is C19H15ClN6O2. The second kappa shape index (κ2) is 7.61. The van der Waals surface area contributed by atoms with Crippen molar-refractivity contribution in [1.82, 2.24) is 19.5 Å². The molecule has 0 aliphatic rings. The molecule has 28 heavy (non-hydrogen) atoms. The molecule has 0 radical (unpaired) electrons. The lowest BCUT2D eigenvalue weighted by atomic mass is 10.1. The molecule has 0 aliphatic carbocycles. The van der Waals surface area contributed by atoms with Gasteiger partial charge in [-0.2, -0.15) is 4.98 Å². The number of fused-ring (bicyclic) bond motifs is 1. The standard InChI is InChI=1S/C19H15ClN6O2/c20-17-11-18(25-12-22-15-6-1-2-7-16(15)25)24-19(23-17)21-9-8-13-4-3-5-14(10-13)26(27)28/h1-7,10-12H,8-9H2,(H,21,23,24). The molecule has 4 rings (SSSR count). The minimum absolute atomic E-state index is 0.0748. The average Bonchev–Trinajstić information content (AvgIpc) is 3.12. The number of halogens is 1. The molecule has 0 saturated heterocycles. The second-order valence-corrected chi connectivity index (χ2v) is 6.47.